The summed E-state index contributed by atoms with van der Waals surface area (Å²) in [6, 6.07) is 0. The number of allylic oxidation sites excluding steroid dienone is 1. The summed E-state index contributed by atoms with van der Waals surface area (Å²) < 4.78 is 5.13. The lowest BCUT2D eigenvalue weighted by atomic mass is 10.00. The number of ketones is 1. The van der Waals surface area contributed by atoms with Gasteiger partial charge in [0.25, 0.3) is 0 Å². The van der Waals surface area contributed by atoms with E-state index in [1.165, 1.54) is 6.26 Å². The van der Waals surface area contributed by atoms with Gasteiger partial charge in [0.1, 0.15) is 16.9 Å². The highest BCUT2D eigenvalue weighted by Crippen LogP contribution is 2.24. The normalized spacial score (nSPS) is 21.4. The number of hydrogen-bond acceptors (Lipinski definition) is 2. The van der Waals surface area contributed by atoms with Gasteiger partial charge in [-0.05, 0) is 13.8 Å². The van der Waals surface area contributed by atoms with E-state index in [0.717, 1.165) is 0 Å². The van der Waals surface area contributed by atoms with Gasteiger partial charge in [0.15, 0.2) is 5.78 Å². The summed E-state index contributed by atoms with van der Waals surface area (Å²) in [5, 5.41) is 0.194. The third kappa shape index (κ3) is 2.54. The molecule has 0 aromatic carbocycles. The Bertz CT molecular complexity index is 194. The van der Waals surface area contributed by atoms with Crippen molar-refractivity contribution in [2.24, 2.45) is 0 Å². The Morgan fingerprint density at radius 2 is 2.18 bits per heavy atom. The van der Waals surface area contributed by atoms with Gasteiger partial charge in [-0.1, -0.05) is 19.0 Å². The SMILES string of the molecule is C.CC1(C)CC(=O)C(Cl)=CO1. The van der Waals surface area contributed by atoms with Crippen LogP contribution in [0.4, 0.5) is 0 Å². The van der Waals surface area contributed by atoms with Crippen LogP contribution in [0.5, 0.6) is 0 Å². The molecule has 0 unspecified atom stereocenters. The van der Waals surface area contributed by atoms with Crippen molar-refractivity contribution >= 4 is 17.4 Å². The van der Waals surface area contributed by atoms with E-state index >= 15 is 0 Å². The lowest BCUT2D eigenvalue weighted by Gasteiger charge is -2.26. The zero-order valence-electron chi connectivity index (χ0n) is 5.98. The molecule has 0 aliphatic carbocycles. The van der Waals surface area contributed by atoms with E-state index in [1.54, 1.807) is 0 Å². The van der Waals surface area contributed by atoms with Crippen molar-refractivity contribution in [2.45, 2.75) is 33.3 Å². The van der Waals surface area contributed by atoms with Crippen LogP contribution in [0.2, 0.25) is 0 Å². The van der Waals surface area contributed by atoms with Gasteiger partial charge >= 0.3 is 0 Å². The molecule has 1 aliphatic heterocycles. The highest BCUT2D eigenvalue weighted by Gasteiger charge is 2.28. The predicted octanol–water partition coefficient (Wildman–Crippen LogP) is 2.47. The van der Waals surface area contributed by atoms with Crippen LogP contribution in [-0.4, -0.2) is 11.4 Å². The highest BCUT2D eigenvalue weighted by molar-refractivity contribution is 6.42. The third-order valence-electron chi connectivity index (χ3n) is 1.33. The van der Waals surface area contributed by atoms with Crippen molar-refractivity contribution in [2.75, 3.05) is 0 Å². The summed E-state index contributed by atoms with van der Waals surface area (Å²) in [7, 11) is 0. The first kappa shape index (κ1) is 10.5. The lowest BCUT2D eigenvalue weighted by molar-refractivity contribution is -0.121. The average Bonchev–Trinajstić information content (AvgIpc) is 1.79. The molecule has 0 radical (unpaired) electrons. The zero-order valence-corrected chi connectivity index (χ0v) is 6.73. The van der Waals surface area contributed by atoms with Gasteiger partial charge in [-0.25, -0.2) is 0 Å². The van der Waals surface area contributed by atoms with Crippen molar-refractivity contribution in [1.29, 1.82) is 0 Å². The fraction of sp³-hybridized carbons (Fsp3) is 0.625. The molecule has 0 N–H and O–H groups in total. The molecule has 0 aromatic heterocycles. The summed E-state index contributed by atoms with van der Waals surface area (Å²) in [6.07, 6.45) is 1.68. The minimum atomic E-state index is -0.379. The second-order valence-corrected chi connectivity index (χ2v) is 3.35. The fourth-order valence-corrected chi connectivity index (χ4v) is 0.901. The number of rotatable bonds is 0. The van der Waals surface area contributed by atoms with Gasteiger partial charge < -0.3 is 4.74 Å². The Kier molecular flexibility index (Phi) is 3.12. The molecular formula is C8H13ClO2. The Hall–Kier alpha value is -0.500. The van der Waals surface area contributed by atoms with Gasteiger partial charge in [-0.15, -0.1) is 0 Å². The molecule has 0 fully saturated rings. The van der Waals surface area contributed by atoms with Gasteiger partial charge in [0, 0.05) is 0 Å². The minimum Gasteiger partial charge on any atom is -0.493 e. The third-order valence-corrected chi connectivity index (χ3v) is 1.63. The maximum absolute atomic E-state index is 10.9. The number of carbonyl (C=O) groups is 1. The van der Waals surface area contributed by atoms with Crippen LogP contribution in [0.15, 0.2) is 11.3 Å². The Morgan fingerprint density at radius 3 is 2.55 bits per heavy atom. The molecule has 11 heavy (non-hydrogen) atoms. The Balaban J connectivity index is 0.000001000. The molecule has 1 heterocycles. The molecular weight excluding hydrogens is 164 g/mol. The second kappa shape index (κ2) is 3.26. The average molecular weight is 177 g/mol. The molecule has 0 aromatic rings. The number of halogens is 1. The molecule has 0 saturated heterocycles. The van der Waals surface area contributed by atoms with Gasteiger partial charge in [0.05, 0.1) is 6.42 Å². The standard InChI is InChI=1S/C7H9ClO2.CH4/c1-7(2)3-6(9)5(8)4-10-7;/h4H,3H2,1-2H3;1H4. The van der Waals surface area contributed by atoms with E-state index in [0.29, 0.717) is 6.42 Å². The van der Waals surface area contributed by atoms with E-state index in [2.05, 4.69) is 0 Å². The van der Waals surface area contributed by atoms with Crippen molar-refractivity contribution in [1.82, 2.24) is 0 Å². The number of ether oxygens (including phenoxy) is 1. The molecule has 2 nitrogen and oxygen atoms in total. The quantitative estimate of drug-likeness (QED) is 0.567. The maximum atomic E-state index is 10.9. The topological polar surface area (TPSA) is 26.3 Å². The molecule has 64 valence electrons. The Morgan fingerprint density at radius 1 is 1.64 bits per heavy atom. The fourth-order valence-electron chi connectivity index (χ4n) is 0.790. The van der Waals surface area contributed by atoms with Crippen LogP contribution in [0.1, 0.15) is 27.7 Å². The first-order valence-corrected chi connectivity index (χ1v) is 3.46. The summed E-state index contributed by atoms with van der Waals surface area (Å²) >= 11 is 5.48. The van der Waals surface area contributed by atoms with E-state index in [-0.39, 0.29) is 23.8 Å². The maximum Gasteiger partial charge on any atom is 0.181 e. The first-order chi connectivity index (χ1) is 4.51. The lowest BCUT2D eigenvalue weighted by Crippen LogP contribution is -2.29. The monoisotopic (exact) mass is 176 g/mol. The summed E-state index contributed by atoms with van der Waals surface area (Å²) in [5.74, 6) is -0.0436. The predicted molar refractivity (Wildman–Crippen MR) is 45.5 cm³/mol. The van der Waals surface area contributed by atoms with Crippen molar-refractivity contribution < 1.29 is 9.53 Å². The molecule has 0 spiro atoms. The number of Topliss-reactive ketones (excluding diaryl/α,β-unsaturated/α-hetero) is 1. The van der Waals surface area contributed by atoms with Crippen molar-refractivity contribution in [3.05, 3.63) is 11.3 Å². The number of hydrogen-bond donors (Lipinski definition) is 0. The second-order valence-electron chi connectivity index (χ2n) is 2.94. The van der Waals surface area contributed by atoms with Crippen LogP contribution in [0, 0.1) is 0 Å². The van der Waals surface area contributed by atoms with E-state index in [4.69, 9.17) is 16.3 Å². The first-order valence-electron chi connectivity index (χ1n) is 3.08. The van der Waals surface area contributed by atoms with E-state index in [9.17, 15) is 4.79 Å². The highest BCUT2D eigenvalue weighted by atomic mass is 35.5. The van der Waals surface area contributed by atoms with Gasteiger partial charge in [-0.3, -0.25) is 4.79 Å². The molecule has 0 saturated carbocycles. The smallest absolute Gasteiger partial charge is 0.181 e. The molecule has 0 bridgehead atoms. The van der Waals surface area contributed by atoms with Crippen LogP contribution in [-0.2, 0) is 9.53 Å². The molecule has 0 amide bonds. The van der Waals surface area contributed by atoms with Crippen LogP contribution in [0.3, 0.4) is 0 Å². The molecule has 3 heteroatoms. The van der Waals surface area contributed by atoms with Crippen LogP contribution in [0.25, 0.3) is 0 Å². The molecule has 1 aliphatic rings. The molecule has 1 rings (SSSR count). The largest absolute Gasteiger partial charge is 0.493 e. The zero-order chi connectivity index (χ0) is 7.78. The summed E-state index contributed by atoms with van der Waals surface area (Å²) in [5.41, 5.74) is -0.379. The Labute approximate surface area is 72.2 Å². The van der Waals surface area contributed by atoms with Crippen LogP contribution < -0.4 is 0 Å². The van der Waals surface area contributed by atoms with Crippen LogP contribution >= 0.6 is 11.6 Å². The van der Waals surface area contributed by atoms with Gasteiger partial charge in [-0.2, -0.15) is 0 Å². The van der Waals surface area contributed by atoms with Crippen molar-refractivity contribution in [3.63, 3.8) is 0 Å². The summed E-state index contributed by atoms with van der Waals surface area (Å²) in [6.45, 7) is 3.70. The summed E-state index contributed by atoms with van der Waals surface area (Å²) in [4.78, 5) is 10.9. The van der Waals surface area contributed by atoms with Gasteiger partial charge in [0.2, 0.25) is 0 Å². The van der Waals surface area contributed by atoms with E-state index in [1.807, 2.05) is 13.8 Å². The molecule has 0 atom stereocenters. The number of carbonyl (C=O) groups excluding carboxylic acids is 1. The minimum absolute atomic E-state index is 0. The van der Waals surface area contributed by atoms with Crippen molar-refractivity contribution in [3.8, 4) is 0 Å². The van der Waals surface area contributed by atoms with E-state index < -0.39 is 0 Å².